The summed E-state index contributed by atoms with van der Waals surface area (Å²) in [5.41, 5.74) is 9.42. The van der Waals surface area contributed by atoms with Crippen molar-refractivity contribution in [3.8, 4) is 56.4 Å². The summed E-state index contributed by atoms with van der Waals surface area (Å²) in [7, 11) is 0. The van der Waals surface area contributed by atoms with Crippen LogP contribution in [-0.4, -0.2) is 19.9 Å². The number of aromatic nitrogens is 4. The molecule has 10 aromatic rings. The van der Waals surface area contributed by atoms with Crippen molar-refractivity contribution < 1.29 is 0 Å². The number of benzene rings is 8. The summed E-state index contributed by atoms with van der Waals surface area (Å²) < 4.78 is 0. The molecule has 0 bridgehead atoms. The molecule has 0 aliphatic heterocycles. The molecule has 0 N–H and O–H groups in total. The maximum Gasteiger partial charge on any atom is 0.164 e. The molecule has 10 rings (SSSR count). The second kappa shape index (κ2) is 12.4. The van der Waals surface area contributed by atoms with E-state index in [4.69, 9.17) is 19.9 Å². The van der Waals surface area contributed by atoms with E-state index in [2.05, 4.69) is 146 Å². The SMILES string of the molecule is c1ccc(-c2ccc(-c3nc(-c4ccccc4)nc(-c4ccc(-c5c6ccc7ccccc7c6nc6c5ccc5ccccc56)cc4)n3)cc2)cc1. The van der Waals surface area contributed by atoms with Crippen LogP contribution in [0.1, 0.15) is 0 Å². The van der Waals surface area contributed by atoms with Crippen LogP contribution in [0.15, 0.2) is 182 Å². The largest absolute Gasteiger partial charge is 0.246 e. The van der Waals surface area contributed by atoms with Crippen LogP contribution in [0.25, 0.3) is 99.8 Å². The third-order valence-corrected chi connectivity index (χ3v) is 9.91. The van der Waals surface area contributed by atoms with Gasteiger partial charge in [-0.15, -0.1) is 0 Å². The number of hydrogen-bond acceptors (Lipinski definition) is 4. The van der Waals surface area contributed by atoms with Gasteiger partial charge in [0.15, 0.2) is 17.5 Å². The molecule has 52 heavy (non-hydrogen) atoms. The molecule has 4 nitrogen and oxygen atoms in total. The van der Waals surface area contributed by atoms with E-state index in [-0.39, 0.29) is 0 Å². The van der Waals surface area contributed by atoms with Crippen LogP contribution >= 0.6 is 0 Å². The van der Waals surface area contributed by atoms with Gasteiger partial charge in [0, 0.05) is 43.8 Å². The van der Waals surface area contributed by atoms with Crippen LogP contribution in [0.2, 0.25) is 0 Å². The first-order chi connectivity index (χ1) is 25.8. The van der Waals surface area contributed by atoms with Crippen LogP contribution in [0, 0.1) is 0 Å². The van der Waals surface area contributed by atoms with Gasteiger partial charge in [-0.1, -0.05) is 182 Å². The van der Waals surface area contributed by atoms with E-state index in [0.29, 0.717) is 17.5 Å². The van der Waals surface area contributed by atoms with E-state index in [9.17, 15) is 0 Å². The molecule has 0 saturated carbocycles. The van der Waals surface area contributed by atoms with Gasteiger partial charge in [-0.2, -0.15) is 0 Å². The van der Waals surface area contributed by atoms with Gasteiger partial charge in [0.1, 0.15) is 0 Å². The molecule has 2 aromatic heterocycles. The fourth-order valence-corrected chi connectivity index (χ4v) is 7.30. The number of rotatable bonds is 5. The molecule has 0 aliphatic rings. The molecule has 0 fully saturated rings. The summed E-state index contributed by atoms with van der Waals surface area (Å²) in [5.74, 6) is 1.91. The van der Waals surface area contributed by atoms with Crippen molar-refractivity contribution in [1.82, 2.24) is 19.9 Å². The Kier molecular flexibility index (Phi) is 7.10. The molecular formula is C48H30N4. The molecule has 0 unspecified atom stereocenters. The molecule has 2 heterocycles. The zero-order chi connectivity index (χ0) is 34.4. The van der Waals surface area contributed by atoms with Crippen LogP contribution in [0.4, 0.5) is 0 Å². The molecule has 0 spiro atoms. The number of hydrogen-bond donors (Lipinski definition) is 0. The first-order valence-corrected chi connectivity index (χ1v) is 17.5. The van der Waals surface area contributed by atoms with E-state index >= 15 is 0 Å². The lowest BCUT2D eigenvalue weighted by Gasteiger charge is -2.15. The first kappa shape index (κ1) is 29.8. The van der Waals surface area contributed by atoms with Crippen molar-refractivity contribution in [3.05, 3.63) is 182 Å². The van der Waals surface area contributed by atoms with Crippen LogP contribution in [-0.2, 0) is 0 Å². The monoisotopic (exact) mass is 662 g/mol. The summed E-state index contributed by atoms with van der Waals surface area (Å²) in [6.45, 7) is 0. The normalized spacial score (nSPS) is 11.5. The third-order valence-electron chi connectivity index (χ3n) is 9.91. The van der Waals surface area contributed by atoms with E-state index in [0.717, 1.165) is 60.4 Å². The predicted octanol–water partition coefficient (Wildman–Crippen LogP) is 12.2. The number of fused-ring (bicyclic) bond motifs is 6. The highest BCUT2D eigenvalue weighted by Gasteiger charge is 2.17. The zero-order valence-corrected chi connectivity index (χ0v) is 28.1. The van der Waals surface area contributed by atoms with Crippen molar-refractivity contribution >= 4 is 43.4 Å². The van der Waals surface area contributed by atoms with Crippen LogP contribution in [0.5, 0.6) is 0 Å². The van der Waals surface area contributed by atoms with E-state index < -0.39 is 0 Å². The minimum Gasteiger partial charge on any atom is -0.246 e. The first-order valence-electron chi connectivity index (χ1n) is 17.5. The van der Waals surface area contributed by atoms with Gasteiger partial charge < -0.3 is 0 Å². The molecule has 242 valence electrons. The molecule has 0 amide bonds. The average Bonchev–Trinajstić information content (AvgIpc) is 3.23. The fraction of sp³-hybridized carbons (Fsp3) is 0. The Labute approximate surface area is 300 Å². The zero-order valence-electron chi connectivity index (χ0n) is 28.1. The number of nitrogens with zero attached hydrogens (tertiary/aromatic N) is 4. The summed E-state index contributed by atoms with van der Waals surface area (Å²) in [4.78, 5) is 20.4. The lowest BCUT2D eigenvalue weighted by Crippen LogP contribution is -2.00. The second-order valence-electron chi connectivity index (χ2n) is 13.0. The molecule has 4 heteroatoms. The summed E-state index contributed by atoms with van der Waals surface area (Å²) in [5, 5.41) is 6.91. The smallest absolute Gasteiger partial charge is 0.164 e. The Hall–Kier alpha value is -7.04. The minimum absolute atomic E-state index is 0.629. The quantitative estimate of drug-likeness (QED) is 0.136. The van der Waals surface area contributed by atoms with Crippen molar-refractivity contribution in [1.29, 1.82) is 0 Å². The Morgan fingerprint density at radius 3 is 1.10 bits per heavy atom. The van der Waals surface area contributed by atoms with Crippen LogP contribution in [0.3, 0.4) is 0 Å². The predicted molar refractivity (Wildman–Crippen MR) is 215 cm³/mol. The average molecular weight is 663 g/mol. The second-order valence-corrected chi connectivity index (χ2v) is 13.0. The van der Waals surface area contributed by atoms with E-state index in [1.165, 1.54) is 21.9 Å². The highest BCUT2D eigenvalue weighted by molar-refractivity contribution is 6.21. The fourth-order valence-electron chi connectivity index (χ4n) is 7.30. The summed E-state index contributed by atoms with van der Waals surface area (Å²) in [6.07, 6.45) is 0. The van der Waals surface area contributed by atoms with Crippen molar-refractivity contribution in [3.63, 3.8) is 0 Å². The summed E-state index contributed by atoms with van der Waals surface area (Å²) in [6, 6.07) is 63.4. The van der Waals surface area contributed by atoms with Gasteiger partial charge in [0.05, 0.1) is 11.0 Å². The topological polar surface area (TPSA) is 51.6 Å². The molecule has 0 radical (unpaired) electrons. The van der Waals surface area contributed by atoms with Gasteiger partial charge >= 0.3 is 0 Å². The highest BCUT2D eigenvalue weighted by Crippen LogP contribution is 2.40. The van der Waals surface area contributed by atoms with E-state index in [1.54, 1.807) is 0 Å². The van der Waals surface area contributed by atoms with Gasteiger partial charge in [0.2, 0.25) is 0 Å². The van der Waals surface area contributed by atoms with Gasteiger partial charge in [-0.05, 0) is 27.5 Å². The number of pyridine rings is 1. The standard InChI is InChI=1S/C48H30N4/c1-3-11-31(12-4-1)32-19-23-37(24-20-32)47-50-46(36-15-5-2-6-16-36)51-48(52-47)38-25-21-35(22-26-38)43-41-29-27-33-13-7-9-17-39(33)44(41)49-45-40-18-10-8-14-34(40)28-30-42(43)45/h1-30H. The van der Waals surface area contributed by atoms with Crippen molar-refractivity contribution in [2.45, 2.75) is 0 Å². The molecule has 8 aromatic carbocycles. The lowest BCUT2D eigenvalue weighted by molar-refractivity contribution is 1.07. The molecule has 0 aliphatic carbocycles. The Morgan fingerprint density at radius 1 is 0.231 bits per heavy atom. The molecule has 0 atom stereocenters. The lowest BCUT2D eigenvalue weighted by atomic mass is 9.92. The molecule has 0 saturated heterocycles. The maximum atomic E-state index is 5.36. The minimum atomic E-state index is 0.629. The molecular weight excluding hydrogens is 633 g/mol. The van der Waals surface area contributed by atoms with Gasteiger partial charge in [0.25, 0.3) is 0 Å². The van der Waals surface area contributed by atoms with E-state index in [1.807, 2.05) is 36.4 Å². The Morgan fingerprint density at radius 2 is 0.596 bits per heavy atom. The van der Waals surface area contributed by atoms with Crippen molar-refractivity contribution in [2.75, 3.05) is 0 Å². The third kappa shape index (κ3) is 5.17. The summed E-state index contributed by atoms with van der Waals surface area (Å²) >= 11 is 0. The van der Waals surface area contributed by atoms with Gasteiger partial charge in [-0.25, -0.2) is 19.9 Å². The Bertz CT molecular complexity index is 2830. The Balaban J connectivity index is 1.13. The van der Waals surface area contributed by atoms with Gasteiger partial charge in [-0.3, -0.25) is 0 Å². The van der Waals surface area contributed by atoms with Crippen molar-refractivity contribution in [2.24, 2.45) is 0 Å². The maximum absolute atomic E-state index is 5.36. The van der Waals surface area contributed by atoms with Crippen LogP contribution < -0.4 is 0 Å². The highest BCUT2D eigenvalue weighted by atomic mass is 15.0.